The summed E-state index contributed by atoms with van der Waals surface area (Å²) < 4.78 is 124. The van der Waals surface area contributed by atoms with E-state index in [1.165, 1.54) is 29.7 Å². The van der Waals surface area contributed by atoms with E-state index in [2.05, 4.69) is 44.9 Å². The Morgan fingerprint density at radius 3 is 1.66 bits per heavy atom. The second-order valence-corrected chi connectivity index (χ2v) is 24.4. The van der Waals surface area contributed by atoms with Gasteiger partial charge < -0.3 is 70.9 Å². The lowest BCUT2D eigenvalue weighted by molar-refractivity contribution is -0.0595. The monoisotopic (exact) mass is 1260 g/mol. The second-order valence-electron chi connectivity index (χ2n) is 18.7. The molecule has 39 nitrogen and oxygen atoms in total. The number of phosphoric ester groups is 4. The van der Waals surface area contributed by atoms with Gasteiger partial charge in [-0.3, -0.25) is 69.8 Å². The smallest absolute Gasteiger partial charge is 0.396 e. The molecule has 0 amide bonds. The molecule has 0 bridgehead atoms. The van der Waals surface area contributed by atoms with E-state index >= 15 is 0 Å². The first kappa shape index (κ1) is 62.4. The summed E-state index contributed by atoms with van der Waals surface area (Å²) in [7, 11) is -18.3. The minimum Gasteiger partial charge on any atom is -0.396 e. The number of imidazole rings is 2. The molecule has 458 valence electrons. The van der Waals surface area contributed by atoms with Crippen molar-refractivity contribution in [2.45, 2.75) is 74.6 Å². The zero-order valence-electron chi connectivity index (χ0n) is 43.6. The fourth-order valence-electron chi connectivity index (χ4n) is 9.48. The average Bonchev–Trinajstić information content (AvgIpc) is 4.49. The van der Waals surface area contributed by atoms with Crippen molar-refractivity contribution in [2.75, 3.05) is 90.8 Å². The first-order chi connectivity index (χ1) is 39.4. The predicted molar refractivity (Wildman–Crippen MR) is 279 cm³/mol. The molecule has 3 saturated heterocycles. The van der Waals surface area contributed by atoms with Gasteiger partial charge in [0.1, 0.15) is 48.5 Å². The molecule has 3 aliphatic heterocycles. The van der Waals surface area contributed by atoms with E-state index in [4.69, 9.17) is 77.4 Å². The third kappa shape index (κ3) is 14.4. The van der Waals surface area contributed by atoms with E-state index in [0.717, 1.165) is 12.7 Å². The first-order valence-electron chi connectivity index (χ1n) is 24.8. The standard InChI is InChI=1S/C40H59N15O24P4/c1-68-30-28(78-81(62,63)71-8-4-6-57)23(76-37(30)54-17-47-26-33(54)49-39(42)51-35(26)58)15-74-82(64,65)77-21-12-53(10-19-9-44-25-24(19)45-16-46-32(25)41)11-20(21)13-72-83(66,67)79-29-22(14-73-80(60,61)70-7-3-5-56)75-38(31(29)69-2)55-18-48-27-34(55)50-40(43)52-36(27)59/h9,16-18,20-23,28-31,37-38,44,56-57H,3-8,10-15H2,1-2H3,(H,60,61)(H,62,63)(H,64,65)(H,66,67)(H2,41,45,46)(H3,42,49,51,58)(H3,43,50,52,59)/t20-,21+,22-,23-,28-,29-,30-,31-,37-,38-/m1/s1. The van der Waals surface area contributed by atoms with Crippen molar-refractivity contribution in [3.8, 4) is 0 Å². The Morgan fingerprint density at radius 2 is 1.13 bits per heavy atom. The van der Waals surface area contributed by atoms with Gasteiger partial charge in [-0.1, -0.05) is 0 Å². The zero-order chi connectivity index (χ0) is 59.6. The van der Waals surface area contributed by atoms with E-state index in [1.807, 2.05) is 0 Å². The molecule has 3 aliphatic rings. The summed E-state index contributed by atoms with van der Waals surface area (Å²) >= 11 is 0. The molecular formula is C40H59N15O24P4. The third-order valence-corrected chi connectivity index (χ3v) is 17.1. The lowest BCUT2D eigenvalue weighted by atomic mass is 10.1. The number of fused-ring (bicyclic) bond motifs is 3. The molecule has 3 fully saturated rings. The van der Waals surface area contributed by atoms with E-state index in [1.54, 1.807) is 11.1 Å². The Kier molecular flexibility index (Phi) is 19.4. The van der Waals surface area contributed by atoms with Gasteiger partial charge in [0.2, 0.25) is 11.9 Å². The fraction of sp³-hybridized carbons (Fsp3) is 0.600. The maximum Gasteiger partial charge on any atom is 0.472 e. The van der Waals surface area contributed by atoms with E-state index in [0.29, 0.717) is 16.6 Å². The van der Waals surface area contributed by atoms with Crippen LogP contribution in [0.4, 0.5) is 17.7 Å². The van der Waals surface area contributed by atoms with Gasteiger partial charge in [0, 0.05) is 64.7 Å². The van der Waals surface area contributed by atoms with Gasteiger partial charge in [-0.05, 0) is 12.8 Å². The highest BCUT2D eigenvalue weighted by Gasteiger charge is 2.54. The SMILES string of the molecule is CO[C@@H]1[C@H](OP(=O)(O)OC[C@H]2CN(Cc3c[nH]c4c(N)ncnc34)C[C@@H]2OP(=O)(O)OC[C@H]2O[C@@H](n3cnc4c(=O)[nH]c(N)nc43)[C@H](OC)[C@@H]2OP(=O)(O)OCCCO)[C@@H](COP(=O)(O)OCCCO)O[C@H]1n1cnc2c(=O)[nH]c(N)nc21. The van der Waals surface area contributed by atoms with Crippen molar-refractivity contribution in [3.63, 3.8) is 0 Å². The topological polar surface area (TPSA) is 550 Å². The summed E-state index contributed by atoms with van der Waals surface area (Å²) in [6.07, 6.45) is -8.51. The third-order valence-electron chi connectivity index (χ3n) is 13.1. The number of aliphatic hydroxyl groups is 2. The Balaban J connectivity index is 0.954. The van der Waals surface area contributed by atoms with Gasteiger partial charge in [-0.2, -0.15) is 9.97 Å². The molecule has 15 N–H and O–H groups in total. The first-order valence-corrected chi connectivity index (χ1v) is 30.8. The molecule has 0 aliphatic carbocycles. The van der Waals surface area contributed by atoms with Crippen molar-refractivity contribution in [1.29, 1.82) is 0 Å². The van der Waals surface area contributed by atoms with Crippen molar-refractivity contribution < 1.29 is 103 Å². The van der Waals surface area contributed by atoms with Crippen LogP contribution in [0.3, 0.4) is 0 Å². The minimum atomic E-state index is -5.38. The number of nitrogen functional groups attached to an aromatic ring is 3. The minimum absolute atomic E-state index is 0.0323. The lowest BCUT2D eigenvalue weighted by Crippen LogP contribution is -2.37. The Morgan fingerprint density at radius 1 is 0.639 bits per heavy atom. The number of aromatic nitrogens is 11. The number of aromatic amines is 3. The molecular weight excluding hydrogens is 1200 g/mol. The van der Waals surface area contributed by atoms with E-state index < -0.39 is 143 Å². The van der Waals surface area contributed by atoms with Gasteiger partial charge in [0.05, 0.1) is 57.3 Å². The van der Waals surface area contributed by atoms with Crippen LogP contribution in [0.1, 0.15) is 30.9 Å². The number of anilines is 3. The maximum atomic E-state index is 14.2. The summed E-state index contributed by atoms with van der Waals surface area (Å²) in [6.45, 7) is -4.33. The van der Waals surface area contributed by atoms with Crippen LogP contribution in [0.15, 0.2) is 34.8 Å². The number of nitrogens with one attached hydrogen (secondary N) is 3. The van der Waals surface area contributed by atoms with Crippen molar-refractivity contribution in [1.82, 2.24) is 58.9 Å². The fourth-order valence-corrected chi connectivity index (χ4v) is 13.2. The molecule has 9 heterocycles. The van der Waals surface area contributed by atoms with Gasteiger partial charge in [0.25, 0.3) is 11.1 Å². The quantitative estimate of drug-likeness (QED) is 0.0190. The van der Waals surface area contributed by atoms with Crippen LogP contribution in [0.2, 0.25) is 0 Å². The number of aliphatic hydroxyl groups excluding tert-OH is 2. The molecule has 0 aromatic carbocycles. The van der Waals surface area contributed by atoms with Crippen LogP contribution in [0.5, 0.6) is 0 Å². The molecule has 0 spiro atoms. The van der Waals surface area contributed by atoms with Crippen LogP contribution in [0, 0.1) is 5.92 Å². The molecule has 14 atom stereocenters. The van der Waals surface area contributed by atoms with Gasteiger partial charge in [0.15, 0.2) is 40.6 Å². The normalized spacial score (nSPS) is 27.1. The molecule has 83 heavy (non-hydrogen) atoms. The van der Waals surface area contributed by atoms with Gasteiger partial charge in [-0.25, -0.2) is 38.2 Å². The number of hydrogen-bond acceptors (Lipinski definition) is 30. The summed E-state index contributed by atoms with van der Waals surface area (Å²) in [5.41, 5.74) is 17.1. The van der Waals surface area contributed by atoms with Crippen molar-refractivity contribution >= 4 is 82.4 Å². The van der Waals surface area contributed by atoms with Gasteiger partial charge in [-0.15, -0.1) is 0 Å². The molecule has 4 unspecified atom stereocenters. The summed E-state index contributed by atoms with van der Waals surface area (Å²) in [5, 5.41) is 18.4. The molecule has 6 aromatic heterocycles. The van der Waals surface area contributed by atoms with Crippen LogP contribution in [-0.4, -0.2) is 205 Å². The summed E-state index contributed by atoms with van der Waals surface area (Å²) in [5.74, 6) is -1.56. The number of rotatable bonds is 29. The van der Waals surface area contributed by atoms with Crippen LogP contribution in [0.25, 0.3) is 33.4 Å². The summed E-state index contributed by atoms with van der Waals surface area (Å²) in [6, 6.07) is 0. The second kappa shape index (κ2) is 25.8. The maximum absolute atomic E-state index is 14.2. The Bertz CT molecular complexity index is 3570. The predicted octanol–water partition coefficient (Wildman–Crippen LogP) is -1.37. The Labute approximate surface area is 466 Å². The van der Waals surface area contributed by atoms with Gasteiger partial charge >= 0.3 is 31.3 Å². The number of likely N-dealkylation sites (tertiary alicyclic amines) is 1. The molecule has 43 heteroatoms. The van der Waals surface area contributed by atoms with E-state index in [-0.39, 0.29) is 79.1 Å². The number of nitrogens with zero attached hydrogens (tertiary/aromatic N) is 9. The van der Waals surface area contributed by atoms with E-state index in [9.17, 15) is 52.5 Å². The number of H-pyrrole nitrogens is 3. The van der Waals surface area contributed by atoms with Crippen molar-refractivity contribution in [2.24, 2.45) is 5.92 Å². The average molecular weight is 1260 g/mol. The molecule has 6 aromatic rings. The number of hydrogen-bond donors (Lipinski definition) is 12. The Hall–Kier alpha value is -5.12. The number of nitrogens with two attached hydrogens (primary N) is 3. The van der Waals surface area contributed by atoms with Crippen LogP contribution < -0.4 is 28.3 Å². The van der Waals surface area contributed by atoms with Crippen molar-refractivity contribution in [3.05, 3.63) is 51.4 Å². The molecule has 0 radical (unpaired) electrons. The zero-order valence-corrected chi connectivity index (χ0v) is 47.2. The van der Waals surface area contributed by atoms with Crippen LogP contribution in [-0.2, 0) is 79.9 Å². The lowest BCUT2D eigenvalue weighted by Gasteiger charge is -2.27. The highest BCUT2D eigenvalue weighted by atomic mass is 31.2. The largest absolute Gasteiger partial charge is 0.472 e. The highest BCUT2D eigenvalue weighted by molar-refractivity contribution is 7.48. The number of ether oxygens (including phenoxy) is 4. The highest BCUT2D eigenvalue weighted by Crippen LogP contribution is 2.54. The molecule has 0 saturated carbocycles. The van der Waals surface area contributed by atoms with Crippen LogP contribution >= 0.6 is 31.3 Å². The summed E-state index contributed by atoms with van der Waals surface area (Å²) in [4.78, 5) is 104. The number of phosphoric acid groups is 4. The number of methoxy groups -OCH3 is 2. The molecule has 9 rings (SSSR count).